The highest BCUT2D eigenvalue weighted by atomic mass is 32.1. The Kier molecular flexibility index (Phi) is 6.86. The quantitative estimate of drug-likeness (QED) is 0.650. The average molecular weight is 348 g/mol. The van der Waals surface area contributed by atoms with Crippen LogP contribution in [0.25, 0.3) is 0 Å². The fourth-order valence-electron chi connectivity index (χ4n) is 1.92. The SMILES string of the molecule is COCC(N)C(=O)NCc1csc(CNC(=O)c2ccccc2)n1. The minimum atomic E-state index is -0.696. The van der Waals surface area contributed by atoms with Gasteiger partial charge in [-0.2, -0.15) is 0 Å². The number of nitrogens with zero attached hydrogens (tertiary/aromatic N) is 1. The zero-order chi connectivity index (χ0) is 17.4. The van der Waals surface area contributed by atoms with E-state index in [2.05, 4.69) is 15.6 Å². The first-order valence-electron chi connectivity index (χ1n) is 7.39. The van der Waals surface area contributed by atoms with Crippen LogP contribution >= 0.6 is 11.3 Å². The molecule has 0 bridgehead atoms. The third-order valence-electron chi connectivity index (χ3n) is 3.16. The van der Waals surface area contributed by atoms with Gasteiger partial charge in [-0.15, -0.1) is 11.3 Å². The van der Waals surface area contributed by atoms with Gasteiger partial charge in [0, 0.05) is 18.1 Å². The largest absolute Gasteiger partial charge is 0.383 e. The van der Waals surface area contributed by atoms with Crippen molar-refractivity contribution in [1.82, 2.24) is 15.6 Å². The first kappa shape index (κ1) is 18.1. The van der Waals surface area contributed by atoms with Gasteiger partial charge in [0.25, 0.3) is 5.91 Å². The molecule has 1 heterocycles. The van der Waals surface area contributed by atoms with E-state index in [-0.39, 0.29) is 18.4 Å². The van der Waals surface area contributed by atoms with Gasteiger partial charge in [-0.25, -0.2) is 4.98 Å². The Morgan fingerprint density at radius 3 is 2.71 bits per heavy atom. The van der Waals surface area contributed by atoms with Gasteiger partial charge in [-0.1, -0.05) is 18.2 Å². The number of hydrogen-bond acceptors (Lipinski definition) is 6. The van der Waals surface area contributed by atoms with E-state index in [1.807, 2.05) is 23.6 Å². The number of methoxy groups -OCH3 is 1. The molecule has 1 aromatic carbocycles. The summed E-state index contributed by atoms with van der Waals surface area (Å²) in [6.07, 6.45) is 0. The zero-order valence-electron chi connectivity index (χ0n) is 13.3. The molecule has 2 rings (SSSR count). The van der Waals surface area contributed by atoms with Crippen LogP contribution in [0.3, 0.4) is 0 Å². The van der Waals surface area contributed by atoms with E-state index in [1.54, 1.807) is 12.1 Å². The molecule has 2 amide bonds. The number of ether oxygens (including phenoxy) is 1. The second-order valence-electron chi connectivity index (χ2n) is 5.06. The molecule has 0 fully saturated rings. The molecule has 0 saturated carbocycles. The number of carbonyl (C=O) groups excluding carboxylic acids is 2. The second-order valence-corrected chi connectivity index (χ2v) is 6.00. The van der Waals surface area contributed by atoms with Gasteiger partial charge in [0.15, 0.2) is 0 Å². The number of rotatable bonds is 8. The third kappa shape index (κ3) is 5.41. The van der Waals surface area contributed by atoms with E-state index < -0.39 is 6.04 Å². The molecule has 24 heavy (non-hydrogen) atoms. The van der Waals surface area contributed by atoms with E-state index in [0.29, 0.717) is 18.7 Å². The molecule has 1 aromatic heterocycles. The summed E-state index contributed by atoms with van der Waals surface area (Å²) in [5, 5.41) is 8.12. The Bertz CT molecular complexity index is 675. The Balaban J connectivity index is 1.79. The van der Waals surface area contributed by atoms with E-state index >= 15 is 0 Å². The summed E-state index contributed by atoms with van der Waals surface area (Å²) in [6, 6.07) is 8.29. The van der Waals surface area contributed by atoms with E-state index in [1.165, 1.54) is 18.4 Å². The lowest BCUT2D eigenvalue weighted by Gasteiger charge is -2.09. The van der Waals surface area contributed by atoms with Crippen molar-refractivity contribution in [2.75, 3.05) is 13.7 Å². The van der Waals surface area contributed by atoms with Gasteiger partial charge in [-0.3, -0.25) is 9.59 Å². The van der Waals surface area contributed by atoms with Crippen molar-refractivity contribution >= 4 is 23.2 Å². The van der Waals surface area contributed by atoms with Crippen molar-refractivity contribution in [2.45, 2.75) is 19.1 Å². The van der Waals surface area contributed by atoms with Crippen molar-refractivity contribution in [3.63, 3.8) is 0 Å². The maximum absolute atomic E-state index is 12.0. The van der Waals surface area contributed by atoms with Gasteiger partial charge in [0.05, 0.1) is 25.4 Å². The minimum absolute atomic E-state index is 0.147. The first-order chi connectivity index (χ1) is 11.6. The van der Waals surface area contributed by atoms with Crippen LogP contribution in [0.2, 0.25) is 0 Å². The minimum Gasteiger partial charge on any atom is -0.383 e. The van der Waals surface area contributed by atoms with Crippen LogP contribution in [0, 0.1) is 0 Å². The molecule has 128 valence electrons. The molecule has 8 heteroatoms. The molecular formula is C16H20N4O3S. The van der Waals surface area contributed by atoms with Gasteiger partial charge in [0.1, 0.15) is 11.0 Å². The first-order valence-corrected chi connectivity index (χ1v) is 8.27. The predicted molar refractivity (Wildman–Crippen MR) is 91.4 cm³/mol. The zero-order valence-corrected chi connectivity index (χ0v) is 14.1. The Labute approximate surface area is 144 Å². The number of nitrogens with two attached hydrogens (primary N) is 1. The normalized spacial score (nSPS) is 11.8. The lowest BCUT2D eigenvalue weighted by atomic mass is 10.2. The molecule has 2 aromatic rings. The molecular weight excluding hydrogens is 328 g/mol. The van der Waals surface area contributed by atoms with Gasteiger partial charge >= 0.3 is 0 Å². The number of thiazole rings is 1. The number of carbonyl (C=O) groups is 2. The van der Waals surface area contributed by atoms with E-state index in [9.17, 15) is 9.59 Å². The maximum atomic E-state index is 12.0. The van der Waals surface area contributed by atoms with Crippen LogP contribution in [-0.2, 0) is 22.6 Å². The second kappa shape index (κ2) is 9.11. The van der Waals surface area contributed by atoms with Gasteiger partial charge in [-0.05, 0) is 12.1 Å². The fourth-order valence-corrected chi connectivity index (χ4v) is 2.66. The summed E-state index contributed by atoms with van der Waals surface area (Å²) in [5.74, 6) is -0.435. The highest BCUT2D eigenvalue weighted by molar-refractivity contribution is 7.09. The van der Waals surface area contributed by atoms with Gasteiger partial charge < -0.3 is 21.1 Å². The maximum Gasteiger partial charge on any atom is 0.251 e. The molecule has 0 spiro atoms. The molecule has 1 atom stereocenters. The number of amides is 2. The third-order valence-corrected chi connectivity index (χ3v) is 4.06. The van der Waals surface area contributed by atoms with Crippen molar-refractivity contribution < 1.29 is 14.3 Å². The van der Waals surface area contributed by atoms with Crippen LogP contribution < -0.4 is 16.4 Å². The van der Waals surface area contributed by atoms with Gasteiger partial charge in [0.2, 0.25) is 5.91 Å². The summed E-state index contributed by atoms with van der Waals surface area (Å²) in [7, 11) is 1.49. The topological polar surface area (TPSA) is 106 Å². The molecule has 1 unspecified atom stereocenters. The summed E-state index contributed by atoms with van der Waals surface area (Å²) in [5.41, 5.74) is 6.96. The highest BCUT2D eigenvalue weighted by Gasteiger charge is 2.13. The Morgan fingerprint density at radius 2 is 2.00 bits per heavy atom. The fraction of sp³-hybridized carbons (Fsp3) is 0.312. The lowest BCUT2D eigenvalue weighted by molar-refractivity contribution is -0.123. The summed E-state index contributed by atoms with van der Waals surface area (Å²) >= 11 is 1.42. The predicted octanol–water partition coefficient (Wildman–Crippen LogP) is 0.663. The number of hydrogen-bond donors (Lipinski definition) is 3. The lowest BCUT2D eigenvalue weighted by Crippen LogP contribution is -2.43. The molecule has 7 nitrogen and oxygen atoms in total. The highest BCUT2D eigenvalue weighted by Crippen LogP contribution is 2.10. The van der Waals surface area contributed by atoms with Crippen LogP contribution in [0.5, 0.6) is 0 Å². The Hall–Kier alpha value is -2.29. The van der Waals surface area contributed by atoms with Crippen LogP contribution in [0.1, 0.15) is 21.1 Å². The Morgan fingerprint density at radius 1 is 1.25 bits per heavy atom. The molecule has 0 aliphatic rings. The van der Waals surface area contributed by atoms with Crippen LogP contribution in [0.4, 0.5) is 0 Å². The van der Waals surface area contributed by atoms with Crippen LogP contribution in [-0.4, -0.2) is 36.6 Å². The van der Waals surface area contributed by atoms with Crippen molar-refractivity contribution in [2.24, 2.45) is 5.73 Å². The van der Waals surface area contributed by atoms with Crippen LogP contribution in [0.15, 0.2) is 35.7 Å². The number of aromatic nitrogens is 1. The summed E-state index contributed by atoms with van der Waals surface area (Å²) in [6.45, 7) is 0.800. The molecule has 0 aliphatic carbocycles. The summed E-state index contributed by atoms with van der Waals surface area (Å²) < 4.78 is 4.83. The monoisotopic (exact) mass is 348 g/mol. The van der Waals surface area contributed by atoms with Crippen molar-refractivity contribution in [1.29, 1.82) is 0 Å². The molecule has 0 aliphatic heterocycles. The van der Waals surface area contributed by atoms with E-state index in [4.69, 9.17) is 10.5 Å². The average Bonchev–Trinajstić information content (AvgIpc) is 3.06. The smallest absolute Gasteiger partial charge is 0.251 e. The summed E-state index contributed by atoms with van der Waals surface area (Å²) in [4.78, 5) is 28.0. The molecule has 0 saturated heterocycles. The van der Waals surface area contributed by atoms with Crippen molar-refractivity contribution in [3.05, 3.63) is 52.0 Å². The van der Waals surface area contributed by atoms with Crippen molar-refractivity contribution in [3.8, 4) is 0 Å². The molecule has 0 radical (unpaired) electrons. The van der Waals surface area contributed by atoms with E-state index in [0.717, 1.165) is 10.7 Å². The molecule has 4 N–H and O–H groups in total. The number of benzene rings is 1. The standard InChI is InChI=1S/C16H20N4O3S/c1-23-9-13(17)16(22)18-7-12-10-24-14(20-12)8-19-15(21)11-5-3-2-4-6-11/h2-6,10,13H,7-9,17H2,1H3,(H,18,22)(H,19,21). The number of nitrogens with one attached hydrogen (secondary N) is 2.